The summed E-state index contributed by atoms with van der Waals surface area (Å²) in [5.74, 6) is 0.621. The van der Waals surface area contributed by atoms with E-state index in [4.69, 9.17) is 5.10 Å². The van der Waals surface area contributed by atoms with E-state index < -0.39 is 0 Å². The molecule has 6 nitrogen and oxygen atoms in total. The molecule has 21 heavy (non-hydrogen) atoms. The summed E-state index contributed by atoms with van der Waals surface area (Å²) in [5, 5.41) is 8.16. The molecule has 1 N–H and O–H groups in total. The summed E-state index contributed by atoms with van der Waals surface area (Å²) >= 11 is 0. The molecule has 4 heterocycles. The van der Waals surface area contributed by atoms with E-state index >= 15 is 0 Å². The van der Waals surface area contributed by atoms with Crippen molar-refractivity contribution in [1.29, 1.82) is 0 Å². The molecule has 0 aliphatic carbocycles. The standard InChI is InChI=1S/C15H14N6/c1-5-18-15(19-6-1)21-13-4-9-17-10-12(13)14(20-21)11-2-7-16-8-3-11/h1-3,5-8,17H,4,9-10H2. The zero-order valence-electron chi connectivity index (χ0n) is 11.4. The first-order valence-corrected chi connectivity index (χ1v) is 6.93. The smallest absolute Gasteiger partial charge is 0.250 e. The van der Waals surface area contributed by atoms with Gasteiger partial charge in [-0.05, 0) is 18.2 Å². The van der Waals surface area contributed by atoms with Gasteiger partial charge >= 0.3 is 0 Å². The lowest BCUT2D eigenvalue weighted by molar-refractivity contribution is 0.617. The van der Waals surface area contributed by atoms with Crippen LogP contribution in [0, 0.1) is 0 Å². The Morgan fingerprint density at radius 2 is 1.86 bits per heavy atom. The number of rotatable bonds is 2. The molecule has 0 fully saturated rings. The summed E-state index contributed by atoms with van der Waals surface area (Å²) in [4.78, 5) is 12.7. The van der Waals surface area contributed by atoms with Gasteiger partial charge in [-0.25, -0.2) is 14.6 Å². The monoisotopic (exact) mass is 278 g/mol. The van der Waals surface area contributed by atoms with Crippen LogP contribution in [0.5, 0.6) is 0 Å². The molecule has 0 saturated carbocycles. The molecule has 0 aromatic carbocycles. The van der Waals surface area contributed by atoms with Crippen molar-refractivity contribution >= 4 is 0 Å². The first-order valence-electron chi connectivity index (χ1n) is 6.93. The van der Waals surface area contributed by atoms with Gasteiger partial charge in [-0.2, -0.15) is 5.10 Å². The summed E-state index contributed by atoms with van der Waals surface area (Å²) in [6, 6.07) is 5.77. The zero-order valence-corrected chi connectivity index (χ0v) is 11.4. The number of nitrogens with one attached hydrogen (secondary N) is 1. The molecule has 0 unspecified atom stereocenters. The maximum atomic E-state index is 4.76. The molecule has 1 aliphatic rings. The summed E-state index contributed by atoms with van der Waals surface area (Å²) in [6.07, 6.45) is 7.98. The lowest BCUT2D eigenvalue weighted by atomic mass is 10.0. The van der Waals surface area contributed by atoms with Gasteiger partial charge in [0.2, 0.25) is 0 Å². The van der Waals surface area contributed by atoms with Crippen LogP contribution in [0.4, 0.5) is 0 Å². The fourth-order valence-corrected chi connectivity index (χ4v) is 2.66. The lowest BCUT2D eigenvalue weighted by Crippen LogP contribution is -2.25. The van der Waals surface area contributed by atoms with E-state index in [1.807, 2.05) is 22.9 Å². The number of aromatic nitrogens is 5. The Morgan fingerprint density at radius 1 is 1.05 bits per heavy atom. The molecule has 3 aromatic rings. The molecule has 0 bridgehead atoms. The average molecular weight is 278 g/mol. The Bertz CT molecular complexity index is 687. The molecule has 0 spiro atoms. The Kier molecular flexibility index (Phi) is 2.93. The van der Waals surface area contributed by atoms with Crippen molar-refractivity contribution < 1.29 is 0 Å². The van der Waals surface area contributed by atoms with Crippen molar-refractivity contribution in [2.75, 3.05) is 6.54 Å². The highest BCUT2D eigenvalue weighted by Crippen LogP contribution is 2.28. The molecule has 1 aliphatic heterocycles. The maximum Gasteiger partial charge on any atom is 0.250 e. The van der Waals surface area contributed by atoms with E-state index in [0.717, 1.165) is 30.8 Å². The van der Waals surface area contributed by atoms with Gasteiger partial charge in [0.25, 0.3) is 5.95 Å². The van der Waals surface area contributed by atoms with Crippen LogP contribution in [0.2, 0.25) is 0 Å². The normalized spacial score (nSPS) is 13.9. The molecular formula is C15H14N6. The van der Waals surface area contributed by atoms with Crippen LogP contribution in [0.3, 0.4) is 0 Å². The van der Waals surface area contributed by atoms with Crippen LogP contribution in [0.25, 0.3) is 17.2 Å². The SMILES string of the molecule is c1cnc(-n2nc(-c3ccncc3)c3c2CCNC3)nc1. The average Bonchev–Trinajstić information content (AvgIpc) is 2.96. The van der Waals surface area contributed by atoms with E-state index in [0.29, 0.717) is 5.95 Å². The lowest BCUT2D eigenvalue weighted by Gasteiger charge is -2.14. The summed E-state index contributed by atoms with van der Waals surface area (Å²) in [7, 11) is 0. The van der Waals surface area contributed by atoms with Crippen LogP contribution in [-0.2, 0) is 13.0 Å². The van der Waals surface area contributed by atoms with E-state index in [9.17, 15) is 0 Å². The van der Waals surface area contributed by atoms with Crippen LogP contribution in [0.1, 0.15) is 11.3 Å². The minimum Gasteiger partial charge on any atom is -0.312 e. The van der Waals surface area contributed by atoms with Crippen LogP contribution in [-0.4, -0.2) is 31.3 Å². The highest BCUT2D eigenvalue weighted by atomic mass is 15.4. The summed E-state index contributed by atoms with van der Waals surface area (Å²) in [5.41, 5.74) is 4.46. The van der Waals surface area contributed by atoms with Crippen molar-refractivity contribution in [3.8, 4) is 17.2 Å². The molecule has 6 heteroatoms. The number of fused-ring (bicyclic) bond motifs is 1. The summed E-state index contributed by atoms with van der Waals surface area (Å²) in [6.45, 7) is 1.77. The predicted octanol–water partition coefficient (Wildman–Crippen LogP) is 1.37. The topological polar surface area (TPSA) is 68.5 Å². The van der Waals surface area contributed by atoms with Gasteiger partial charge in [-0.15, -0.1) is 0 Å². The number of pyridine rings is 1. The zero-order chi connectivity index (χ0) is 14.1. The maximum absolute atomic E-state index is 4.76. The summed E-state index contributed by atoms with van der Waals surface area (Å²) < 4.78 is 1.87. The quantitative estimate of drug-likeness (QED) is 0.766. The van der Waals surface area contributed by atoms with Crippen molar-refractivity contribution in [1.82, 2.24) is 30.0 Å². The highest BCUT2D eigenvalue weighted by molar-refractivity contribution is 5.64. The van der Waals surface area contributed by atoms with Crippen molar-refractivity contribution in [3.63, 3.8) is 0 Å². The van der Waals surface area contributed by atoms with Gasteiger partial charge in [0.05, 0.1) is 11.4 Å². The van der Waals surface area contributed by atoms with Gasteiger partial charge in [-0.3, -0.25) is 4.98 Å². The first-order chi connectivity index (χ1) is 10.4. The Labute approximate surface area is 121 Å². The van der Waals surface area contributed by atoms with Gasteiger partial charge in [0.15, 0.2) is 0 Å². The van der Waals surface area contributed by atoms with Gasteiger partial charge in [0.1, 0.15) is 0 Å². The third-order valence-electron chi connectivity index (χ3n) is 3.63. The Balaban J connectivity index is 1.92. The largest absolute Gasteiger partial charge is 0.312 e. The van der Waals surface area contributed by atoms with Crippen LogP contribution in [0.15, 0.2) is 43.0 Å². The fourth-order valence-electron chi connectivity index (χ4n) is 2.66. The minimum absolute atomic E-state index is 0.621. The number of hydrogen-bond acceptors (Lipinski definition) is 5. The van der Waals surface area contributed by atoms with E-state index in [-0.39, 0.29) is 0 Å². The van der Waals surface area contributed by atoms with E-state index in [1.54, 1.807) is 24.8 Å². The fraction of sp³-hybridized carbons (Fsp3) is 0.200. The van der Waals surface area contributed by atoms with Crippen LogP contribution >= 0.6 is 0 Å². The second kappa shape index (κ2) is 5.06. The van der Waals surface area contributed by atoms with E-state index in [1.165, 1.54) is 11.3 Å². The first kappa shape index (κ1) is 12.2. The van der Waals surface area contributed by atoms with Gasteiger partial charge < -0.3 is 5.32 Å². The third kappa shape index (κ3) is 2.09. The van der Waals surface area contributed by atoms with E-state index in [2.05, 4.69) is 20.3 Å². The molecule has 0 amide bonds. The molecule has 3 aromatic heterocycles. The molecule has 0 radical (unpaired) electrons. The molecular weight excluding hydrogens is 264 g/mol. The predicted molar refractivity (Wildman–Crippen MR) is 77.8 cm³/mol. The molecule has 104 valence electrons. The molecule has 0 atom stereocenters. The Morgan fingerprint density at radius 3 is 2.67 bits per heavy atom. The highest BCUT2D eigenvalue weighted by Gasteiger charge is 2.23. The minimum atomic E-state index is 0.621. The van der Waals surface area contributed by atoms with Crippen LogP contribution < -0.4 is 5.32 Å². The second-order valence-corrected chi connectivity index (χ2v) is 4.90. The molecule has 0 saturated heterocycles. The van der Waals surface area contributed by atoms with Crippen molar-refractivity contribution in [2.45, 2.75) is 13.0 Å². The number of nitrogens with zero attached hydrogens (tertiary/aromatic N) is 5. The number of hydrogen-bond donors (Lipinski definition) is 1. The molecule has 4 rings (SSSR count). The van der Waals surface area contributed by atoms with Gasteiger partial charge in [-0.1, -0.05) is 0 Å². The second-order valence-electron chi connectivity index (χ2n) is 4.90. The third-order valence-corrected chi connectivity index (χ3v) is 3.63. The van der Waals surface area contributed by atoms with Crippen molar-refractivity contribution in [2.24, 2.45) is 0 Å². The van der Waals surface area contributed by atoms with Crippen molar-refractivity contribution in [3.05, 3.63) is 54.2 Å². The van der Waals surface area contributed by atoms with Gasteiger partial charge in [0, 0.05) is 55.4 Å². The Hall–Kier alpha value is -2.60.